The smallest absolute Gasteiger partial charge is 0.191 e. The van der Waals surface area contributed by atoms with E-state index in [1.54, 1.807) is 0 Å². The van der Waals surface area contributed by atoms with Crippen LogP contribution < -0.4 is 10.6 Å². The summed E-state index contributed by atoms with van der Waals surface area (Å²) >= 11 is 0. The molecular formula is C16H34IN3O. The minimum absolute atomic E-state index is 0. The normalized spacial score (nSPS) is 28.0. The zero-order chi connectivity index (χ0) is 15.2. The molecule has 1 aliphatic carbocycles. The zero-order valence-electron chi connectivity index (χ0n) is 14.3. The predicted molar refractivity (Wildman–Crippen MR) is 101 cm³/mol. The number of nitrogens with one attached hydrogen (secondary N) is 2. The number of aliphatic hydroxyl groups excluding tert-OH is 1. The van der Waals surface area contributed by atoms with Gasteiger partial charge < -0.3 is 15.7 Å². The Morgan fingerprint density at radius 2 is 2.00 bits per heavy atom. The van der Waals surface area contributed by atoms with Gasteiger partial charge >= 0.3 is 0 Å². The monoisotopic (exact) mass is 411 g/mol. The van der Waals surface area contributed by atoms with Gasteiger partial charge in [0.1, 0.15) is 0 Å². The van der Waals surface area contributed by atoms with Crippen LogP contribution in [0.15, 0.2) is 4.99 Å². The SMILES string of the molecule is CCNC(=NCC1(C)CCCCC1O)NC(C)C(C)C.I. The molecule has 0 radical (unpaired) electrons. The second-order valence-electron chi connectivity index (χ2n) is 6.79. The highest BCUT2D eigenvalue weighted by Gasteiger charge is 2.35. The molecule has 5 heteroatoms. The molecule has 1 rings (SSSR count). The van der Waals surface area contributed by atoms with Gasteiger partial charge in [0.15, 0.2) is 5.96 Å². The summed E-state index contributed by atoms with van der Waals surface area (Å²) in [6.45, 7) is 12.4. The highest BCUT2D eigenvalue weighted by Crippen LogP contribution is 2.36. The standard InChI is InChI=1S/C16H33N3O.HI/c1-6-17-15(19-13(4)12(2)3)18-11-16(5)10-8-7-9-14(16)20;/h12-14,20H,6-11H2,1-5H3,(H2,17,18,19);1H. The maximum absolute atomic E-state index is 10.2. The Bertz CT molecular complexity index is 323. The Morgan fingerprint density at radius 3 is 2.52 bits per heavy atom. The fourth-order valence-corrected chi connectivity index (χ4v) is 2.53. The summed E-state index contributed by atoms with van der Waals surface area (Å²) in [4.78, 5) is 4.72. The third-order valence-corrected chi connectivity index (χ3v) is 4.59. The Labute approximate surface area is 147 Å². The molecule has 0 aromatic carbocycles. The van der Waals surface area contributed by atoms with E-state index in [2.05, 4.69) is 45.3 Å². The third-order valence-electron chi connectivity index (χ3n) is 4.59. The maximum Gasteiger partial charge on any atom is 0.191 e. The van der Waals surface area contributed by atoms with Gasteiger partial charge in [-0.1, -0.05) is 33.6 Å². The molecule has 0 aromatic heterocycles. The lowest BCUT2D eigenvalue weighted by molar-refractivity contribution is 0.00715. The van der Waals surface area contributed by atoms with Crippen LogP contribution in [-0.2, 0) is 0 Å². The summed E-state index contributed by atoms with van der Waals surface area (Å²) in [5.74, 6) is 1.43. The first-order valence-corrected chi connectivity index (χ1v) is 8.12. The quantitative estimate of drug-likeness (QED) is 0.370. The maximum atomic E-state index is 10.2. The van der Waals surface area contributed by atoms with Crippen molar-refractivity contribution < 1.29 is 5.11 Å². The van der Waals surface area contributed by atoms with Crippen LogP contribution in [0.1, 0.15) is 60.3 Å². The van der Waals surface area contributed by atoms with E-state index in [1.165, 1.54) is 6.42 Å². The van der Waals surface area contributed by atoms with Gasteiger partial charge in [-0.3, -0.25) is 4.99 Å². The number of halogens is 1. The molecule has 0 aromatic rings. The van der Waals surface area contributed by atoms with E-state index >= 15 is 0 Å². The van der Waals surface area contributed by atoms with Crippen molar-refractivity contribution in [3.63, 3.8) is 0 Å². The number of hydrogen-bond donors (Lipinski definition) is 3. The van der Waals surface area contributed by atoms with E-state index in [0.29, 0.717) is 18.5 Å². The number of aliphatic imine (C=N–C) groups is 1. The van der Waals surface area contributed by atoms with Crippen molar-refractivity contribution in [2.75, 3.05) is 13.1 Å². The Hall–Kier alpha value is -0.0400. The first-order valence-electron chi connectivity index (χ1n) is 8.12. The molecule has 0 heterocycles. The van der Waals surface area contributed by atoms with E-state index in [9.17, 15) is 5.11 Å². The first kappa shape index (κ1) is 21.0. The fraction of sp³-hybridized carbons (Fsp3) is 0.938. The lowest BCUT2D eigenvalue weighted by Crippen LogP contribution is -2.45. The van der Waals surface area contributed by atoms with Crippen LogP contribution in [0.2, 0.25) is 0 Å². The molecule has 126 valence electrons. The number of guanidine groups is 1. The van der Waals surface area contributed by atoms with Crippen LogP contribution >= 0.6 is 24.0 Å². The number of hydrogen-bond acceptors (Lipinski definition) is 2. The Balaban J connectivity index is 0.00000400. The highest BCUT2D eigenvalue weighted by molar-refractivity contribution is 14.0. The molecule has 3 unspecified atom stereocenters. The molecule has 21 heavy (non-hydrogen) atoms. The van der Waals surface area contributed by atoms with Crippen molar-refractivity contribution in [1.29, 1.82) is 0 Å². The van der Waals surface area contributed by atoms with Crippen molar-refractivity contribution in [3.8, 4) is 0 Å². The van der Waals surface area contributed by atoms with Crippen LogP contribution in [0.25, 0.3) is 0 Å². The van der Waals surface area contributed by atoms with E-state index < -0.39 is 0 Å². The van der Waals surface area contributed by atoms with Gasteiger partial charge in [0, 0.05) is 18.0 Å². The van der Waals surface area contributed by atoms with Crippen LogP contribution in [-0.4, -0.2) is 36.3 Å². The van der Waals surface area contributed by atoms with Crippen molar-refractivity contribution in [2.45, 2.75) is 72.4 Å². The minimum atomic E-state index is -0.217. The number of rotatable bonds is 5. The van der Waals surface area contributed by atoms with Crippen molar-refractivity contribution >= 4 is 29.9 Å². The average molecular weight is 411 g/mol. The van der Waals surface area contributed by atoms with Crippen LogP contribution in [0.3, 0.4) is 0 Å². The van der Waals surface area contributed by atoms with Crippen molar-refractivity contribution in [3.05, 3.63) is 0 Å². The lowest BCUT2D eigenvalue weighted by Gasteiger charge is -2.37. The lowest BCUT2D eigenvalue weighted by atomic mass is 9.73. The second kappa shape index (κ2) is 9.87. The summed E-state index contributed by atoms with van der Waals surface area (Å²) in [6, 6.07) is 0.386. The third kappa shape index (κ3) is 6.72. The minimum Gasteiger partial charge on any atom is -0.392 e. The highest BCUT2D eigenvalue weighted by atomic mass is 127. The summed E-state index contributed by atoms with van der Waals surface area (Å²) in [6.07, 6.45) is 4.11. The summed E-state index contributed by atoms with van der Waals surface area (Å²) in [7, 11) is 0. The van der Waals surface area contributed by atoms with Crippen LogP contribution in [0.4, 0.5) is 0 Å². The zero-order valence-corrected chi connectivity index (χ0v) is 16.6. The first-order chi connectivity index (χ1) is 9.39. The molecule has 3 atom stereocenters. The van der Waals surface area contributed by atoms with E-state index in [4.69, 9.17) is 4.99 Å². The molecule has 0 aliphatic heterocycles. The van der Waals surface area contributed by atoms with E-state index in [-0.39, 0.29) is 35.5 Å². The second-order valence-corrected chi connectivity index (χ2v) is 6.79. The Morgan fingerprint density at radius 1 is 1.33 bits per heavy atom. The molecule has 4 nitrogen and oxygen atoms in total. The number of nitrogens with zero attached hydrogens (tertiary/aromatic N) is 1. The summed E-state index contributed by atoms with van der Waals surface area (Å²) < 4.78 is 0. The molecule has 3 N–H and O–H groups in total. The molecule has 1 aliphatic rings. The van der Waals surface area contributed by atoms with E-state index in [1.807, 2.05) is 0 Å². The molecule has 0 spiro atoms. The molecule has 1 fully saturated rings. The van der Waals surface area contributed by atoms with Gasteiger partial charge in [-0.25, -0.2) is 0 Å². The van der Waals surface area contributed by atoms with Gasteiger partial charge in [0.05, 0.1) is 12.6 Å². The summed E-state index contributed by atoms with van der Waals surface area (Å²) in [5.41, 5.74) is -0.0678. The van der Waals surface area contributed by atoms with Crippen molar-refractivity contribution in [1.82, 2.24) is 10.6 Å². The van der Waals surface area contributed by atoms with Gasteiger partial charge in [-0.05, 0) is 32.6 Å². The topological polar surface area (TPSA) is 56.7 Å². The van der Waals surface area contributed by atoms with Gasteiger partial charge in [-0.2, -0.15) is 0 Å². The van der Waals surface area contributed by atoms with Gasteiger partial charge in [-0.15, -0.1) is 24.0 Å². The average Bonchev–Trinajstić information content (AvgIpc) is 2.40. The number of aliphatic hydroxyl groups is 1. The molecule has 1 saturated carbocycles. The summed E-state index contributed by atoms with van der Waals surface area (Å²) in [5, 5.41) is 17.0. The molecule has 0 saturated heterocycles. The molecule has 0 bridgehead atoms. The van der Waals surface area contributed by atoms with Gasteiger partial charge in [0.25, 0.3) is 0 Å². The van der Waals surface area contributed by atoms with Crippen LogP contribution in [0, 0.1) is 11.3 Å². The Kier molecular flexibility index (Phi) is 9.85. The van der Waals surface area contributed by atoms with Crippen molar-refractivity contribution in [2.24, 2.45) is 16.3 Å². The predicted octanol–water partition coefficient (Wildman–Crippen LogP) is 3.15. The van der Waals surface area contributed by atoms with Crippen LogP contribution in [0.5, 0.6) is 0 Å². The molecular weight excluding hydrogens is 377 g/mol. The van der Waals surface area contributed by atoms with E-state index in [0.717, 1.165) is 31.8 Å². The van der Waals surface area contributed by atoms with Gasteiger partial charge in [0.2, 0.25) is 0 Å². The molecule has 0 amide bonds. The largest absolute Gasteiger partial charge is 0.392 e. The fourth-order valence-electron chi connectivity index (χ4n) is 2.53.